The quantitative estimate of drug-likeness (QED) is 0.0357. The van der Waals surface area contributed by atoms with Gasteiger partial charge in [0.15, 0.2) is 11.5 Å². The summed E-state index contributed by atoms with van der Waals surface area (Å²) in [4.78, 5) is 52.5. The van der Waals surface area contributed by atoms with E-state index in [0.29, 0.717) is 69.7 Å². The molecule has 0 bridgehead atoms. The summed E-state index contributed by atoms with van der Waals surface area (Å²) in [7, 11) is 3.27. The van der Waals surface area contributed by atoms with Crippen LogP contribution in [0.2, 0.25) is 0 Å². The van der Waals surface area contributed by atoms with Crippen LogP contribution in [0.5, 0.6) is 11.5 Å². The van der Waals surface area contributed by atoms with Crippen LogP contribution in [-0.4, -0.2) is 97.7 Å². The van der Waals surface area contributed by atoms with E-state index in [1.54, 1.807) is 55.8 Å². The number of rotatable bonds is 21. The summed E-state index contributed by atoms with van der Waals surface area (Å²) in [5, 5.41) is 17.7. The Labute approximate surface area is 354 Å². The monoisotopic (exact) mass is 836 g/mol. The number of carbonyl (C=O) groups excluding carboxylic acids is 4. The fraction of sp³-hybridized carbons (Fsp3) is 0.778. The van der Waals surface area contributed by atoms with Crippen LogP contribution in [0.15, 0.2) is 18.2 Å². The van der Waals surface area contributed by atoms with E-state index < -0.39 is 52.8 Å². The van der Waals surface area contributed by atoms with E-state index in [1.807, 2.05) is 45.9 Å². The van der Waals surface area contributed by atoms with Gasteiger partial charge in [0.2, 0.25) is 0 Å². The number of benzene rings is 1. The van der Waals surface area contributed by atoms with Crippen molar-refractivity contribution in [3.05, 3.63) is 23.8 Å². The molecule has 0 saturated heterocycles. The topological polar surface area (TPSA) is 171 Å². The minimum Gasteiger partial charge on any atom is -0.493 e. The highest BCUT2D eigenvalue weighted by atomic mass is 16.6. The van der Waals surface area contributed by atoms with Crippen molar-refractivity contribution >= 4 is 24.1 Å². The van der Waals surface area contributed by atoms with Gasteiger partial charge in [0.1, 0.15) is 23.3 Å². The highest BCUT2D eigenvalue weighted by molar-refractivity contribution is 5.82. The first kappa shape index (κ1) is 51.4. The lowest BCUT2D eigenvalue weighted by Gasteiger charge is -2.39. The normalized spacial score (nSPS) is 17.7. The summed E-state index contributed by atoms with van der Waals surface area (Å²) in [5.41, 5.74) is -1.26. The summed E-state index contributed by atoms with van der Waals surface area (Å²) in [6.07, 6.45) is 3.04. The van der Waals surface area contributed by atoms with Gasteiger partial charge in [-0.05, 0) is 128 Å². The summed E-state index contributed by atoms with van der Waals surface area (Å²) < 4.78 is 33.5. The van der Waals surface area contributed by atoms with Gasteiger partial charge < -0.3 is 39.1 Å². The Bertz CT molecular complexity index is 1480. The number of nitrogens with zero attached hydrogens (tertiary/aromatic N) is 1. The molecule has 0 radical (unpaired) electrons. The van der Waals surface area contributed by atoms with Gasteiger partial charge in [-0.25, -0.2) is 19.4 Å². The van der Waals surface area contributed by atoms with E-state index in [9.17, 15) is 24.4 Å². The van der Waals surface area contributed by atoms with E-state index in [2.05, 4.69) is 24.5 Å². The predicted molar refractivity (Wildman–Crippen MR) is 227 cm³/mol. The third-order valence-electron chi connectivity index (χ3n) is 10.8. The second-order valence-corrected chi connectivity index (χ2v) is 19.2. The molecule has 59 heavy (non-hydrogen) atoms. The molecule has 0 aliphatic heterocycles. The lowest BCUT2D eigenvalue weighted by Crippen LogP contribution is -2.49. The molecule has 2 rings (SSSR count). The maximum Gasteiger partial charge on any atom is 0.408 e. The summed E-state index contributed by atoms with van der Waals surface area (Å²) in [5.74, 6) is 0.454. The van der Waals surface area contributed by atoms with E-state index >= 15 is 0 Å². The average molecular weight is 836 g/mol. The van der Waals surface area contributed by atoms with Crippen LogP contribution < -0.4 is 20.1 Å². The van der Waals surface area contributed by atoms with Crippen molar-refractivity contribution in [3.63, 3.8) is 0 Å². The average Bonchev–Trinajstić information content (AvgIpc) is 3.12. The first-order chi connectivity index (χ1) is 27.4. The van der Waals surface area contributed by atoms with Gasteiger partial charge in [-0.3, -0.25) is 10.0 Å². The van der Waals surface area contributed by atoms with Crippen molar-refractivity contribution in [3.8, 4) is 11.5 Å². The second-order valence-electron chi connectivity index (χ2n) is 19.2. The van der Waals surface area contributed by atoms with E-state index in [-0.39, 0.29) is 36.3 Å². The molecule has 1 saturated carbocycles. The third-order valence-corrected chi connectivity index (χ3v) is 10.8. The highest BCUT2D eigenvalue weighted by Crippen LogP contribution is 2.40. The van der Waals surface area contributed by atoms with Crippen LogP contribution in [0.25, 0.3) is 0 Å². The molecule has 1 aliphatic rings. The van der Waals surface area contributed by atoms with Gasteiger partial charge in [-0.1, -0.05) is 47.6 Å². The van der Waals surface area contributed by atoms with Crippen molar-refractivity contribution in [2.45, 2.75) is 164 Å². The molecule has 1 aliphatic carbocycles. The SMILES string of the molecule is COCCCOc1cc(C[C@@H](C[C@@H](CCN(O)C(=O)C(C)(C)C2CCC(OC(=O)C(NC(=O)OC(C)(C)C)C(C)C)CC2)NC(=O)OC(C)(C)C)C(C)C)ccc1OC. The van der Waals surface area contributed by atoms with Crippen molar-refractivity contribution in [1.82, 2.24) is 15.7 Å². The number of hydroxylamine groups is 2. The number of carbonyl (C=O) groups is 4. The number of methoxy groups -OCH3 is 2. The van der Waals surface area contributed by atoms with E-state index in [4.69, 9.17) is 28.4 Å². The molecule has 1 fully saturated rings. The zero-order valence-corrected chi connectivity index (χ0v) is 38.5. The summed E-state index contributed by atoms with van der Waals surface area (Å²) >= 11 is 0. The van der Waals surface area contributed by atoms with Gasteiger partial charge in [0.25, 0.3) is 5.91 Å². The predicted octanol–water partition coefficient (Wildman–Crippen LogP) is 8.49. The molecule has 1 aromatic rings. The molecule has 0 spiro atoms. The molecule has 1 aromatic carbocycles. The Hall–Kier alpha value is -3.78. The molecule has 338 valence electrons. The highest BCUT2D eigenvalue weighted by Gasteiger charge is 2.42. The number of nitrogens with one attached hydrogen (secondary N) is 2. The maximum absolute atomic E-state index is 13.9. The standard InChI is InChI=1S/C45H77N3O11/c1-29(2)32(26-31-16-21-36(55-14)37(27-31)56-25-15-24-54-13)28-34(46-41(51)58-43(5,6)7)22-23-48(53)40(50)45(11,12)33-17-19-35(20-18-33)57-39(49)38(30(3)4)47-42(52)59-44(8,9)10/h16,21,27,29-30,32-35,38,53H,15,17-20,22-26,28H2,1-14H3,(H,46,51)(H,47,52)/t32-,33?,34+,35?,38?/m0/s1. The number of alkyl carbamates (subject to hydrolysis) is 2. The van der Waals surface area contributed by atoms with Crippen molar-refractivity contribution in [2.24, 2.45) is 29.1 Å². The smallest absolute Gasteiger partial charge is 0.408 e. The Morgan fingerprint density at radius 1 is 0.814 bits per heavy atom. The van der Waals surface area contributed by atoms with Gasteiger partial charge in [-0.2, -0.15) is 0 Å². The number of hydrogen-bond donors (Lipinski definition) is 3. The molecule has 0 aromatic heterocycles. The molecule has 14 heteroatoms. The van der Waals surface area contributed by atoms with Gasteiger partial charge in [0.05, 0.1) is 20.3 Å². The van der Waals surface area contributed by atoms with Crippen LogP contribution in [0.3, 0.4) is 0 Å². The van der Waals surface area contributed by atoms with Gasteiger partial charge in [-0.15, -0.1) is 0 Å². The maximum atomic E-state index is 13.9. The first-order valence-electron chi connectivity index (χ1n) is 21.4. The molecular formula is C45H77N3O11. The van der Waals surface area contributed by atoms with E-state index in [1.165, 1.54) is 0 Å². The first-order valence-corrected chi connectivity index (χ1v) is 21.4. The fourth-order valence-corrected chi connectivity index (χ4v) is 7.29. The van der Waals surface area contributed by atoms with Crippen molar-refractivity contribution in [1.29, 1.82) is 0 Å². The van der Waals surface area contributed by atoms with Crippen molar-refractivity contribution in [2.75, 3.05) is 34.0 Å². The van der Waals surface area contributed by atoms with Crippen LogP contribution in [0.1, 0.15) is 134 Å². The number of hydrogen-bond acceptors (Lipinski definition) is 11. The summed E-state index contributed by atoms with van der Waals surface area (Å²) in [6, 6.07) is 4.65. The molecule has 1 unspecified atom stereocenters. The minimum absolute atomic E-state index is 0.00371. The molecular weight excluding hydrogens is 759 g/mol. The Morgan fingerprint density at radius 3 is 1.93 bits per heavy atom. The summed E-state index contributed by atoms with van der Waals surface area (Å²) in [6.45, 7) is 23.4. The number of ether oxygens (including phenoxy) is 6. The van der Waals surface area contributed by atoms with Crippen LogP contribution in [0.4, 0.5) is 9.59 Å². The Balaban J connectivity index is 2.11. The number of esters is 1. The molecule has 3 N–H and O–H groups in total. The minimum atomic E-state index is -0.908. The lowest BCUT2D eigenvalue weighted by atomic mass is 9.70. The fourth-order valence-electron chi connectivity index (χ4n) is 7.29. The Morgan fingerprint density at radius 2 is 1.41 bits per heavy atom. The lowest BCUT2D eigenvalue weighted by molar-refractivity contribution is -0.180. The van der Waals surface area contributed by atoms with Gasteiger partial charge in [0, 0.05) is 31.6 Å². The Kier molecular flexibility index (Phi) is 20.3. The van der Waals surface area contributed by atoms with Crippen molar-refractivity contribution < 1.29 is 52.8 Å². The van der Waals surface area contributed by atoms with Crippen LogP contribution in [0, 0.1) is 29.1 Å². The molecule has 3 atom stereocenters. The van der Waals surface area contributed by atoms with E-state index in [0.717, 1.165) is 17.0 Å². The zero-order valence-electron chi connectivity index (χ0n) is 38.5. The van der Waals surface area contributed by atoms with Crippen LogP contribution in [-0.2, 0) is 35.0 Å². The molecule has 3 amide bonds. The largest absolute Gasteiger partial charge is 0.493 e. The molecule has 14 nitrogen and oxygen atoms in total. The van der Waals surface area contributed by atoms with Gasteiger partial charge >= 0.3 is 18.2 Å². The van der Waals surface area contributed by atoms with Crippen LogP contribution >= 0.6 is 0 Å². The zero-order chi connectivity index (χ0) is 44.7. The third kappa shape index (κ3) is 18.2. The second kappa shape index (κ2) is 23.3. The molecule has 0 heterocycles. The number of amides is 3.